The van der Waals surface area contributed by atoms with Crippen LogP contribution in [-0.4, -0.2) is 12.6 Å². The van der Waals surface area contributed by atoms with Gasteiger partial charge >= 0.3 is 0 Å². The minimum atomic E-state index is 0. The van der Waals surface area contributed by atoms with Gasteiger partial charge in [0.2, 0.25) is 0 Å². The number of halogens is 1. The number of para-hydroxylation sites is 1. The molecule has 3 nitrogen and oxygen atoms in total. The van der Waals surface area contributed by atoms with E-state index in [9.17, 15) is 0 Å². The summed E-state index contributed by atoms with van der Waals surface area (Å²) in [6, 6.07) is 16.2. The SMILES string of the molecule is CCC(C)(C)NCc1cccc(OC)c1OCc1ccccc1.Cl. The molecule has 0 saturated heterocycles. The highest BCUT2D eigenvalue weighted by molar-refractivity contribution is 5.85. The average molecular weight is 350 g/mol. The summed E-state index contributed by atoms with van der Waals surface area (Å²) in [6.45, 7) is 7.88. The van der Waals surface area contributed by atoms with Crippen LogP contribution in [-0.2, 0) is 13.2 Å². The molecule has 0 radical (unpaired) electrons. The van der Waals surface area contributed by atoms with Crippen LogP contribution in [0, 0.1) is 0 Å². The Labute approximate surface area is 151 Å². The van der Waals surface area contributed by atoms with Crippen LogP contribution < -0.4 is 14.8 Å². The van der Waals surface area contributed by atoms with Crippen LogP contribution in [0.4, 0.5) is 0 Å². The third kappa shape index (κ3) is 5.73. The molecular formula is C20H28ClNO2. The van der Waals surface area contributed by atoms with Crippen LogP contribution in [0.1, 0.15) is 38.3 Å². The van der Waals surface area contributed by atoms with Crippen molar-refractivity contribution in [3.05, 3.63) is 59.7 Å². The zero-order valence-corrected chi connectivity index (χ0v) is 15.8. The first-order valence-corrected chi connectivity index (χ1v) is 8.13. The first-order valence-electron chi connectivity index (χ1n) is 8.13. The average Bonchev–Trinajstić information content (AvgIpc) is 2.59. The maximum Gasteiger partial charge on any atom is 0.166 e. The molecule has 2 aromatic carbocycles. The molecule has 0 fully saturated rings. The Morgan fingerprint density at radius 2 is 1.71 bits per heavy atom. The van der Waals surface area contributed by atoms with Gasteiger partial charge in [-0.05, 0) is 31.9 Å². The van der Waals surface area contributed by atoms with Crippen molar-refractivity contribution in [3.8, 4) is 11.5 Å². The summed E-state index contributed by atoms with van der Waals surface area (Å²) in [6.07, 6.45) is 1.07. The second-order valence-electron chi connectivity index (χ2n) is 6.31. The second kappa shape index (κ2) is 9.55. The van der Waals surface area contributed by atoms with Crippen LogP contribution in [0.5, 0.6) is 11.5 Å². The second-order valence-corrected chi connectivity index (χ2v) is 6.31. The predicted molar refractivity (Wildman–Crippen MR) is 102 cm³/mol. The Hall–Kier alpha value is -1.71. The van der Waals surface area contributed by atoms with E-state index in [1.165, 1.54) is 0 Å². The Bertz CT molecular complexity index is 614. The topological polar surface area (TPSA) is 30.5 Å². The van der Waals surface area contributed by atoms with Gasteiger partial charge in [-0.15, -0.1) is 12.4 Å². The zero-order valence-electron chi connectivity index (χ0n) is 15.0. The van der Waals surface area contributed by atoms with E-state index in [4.69, 9.17) is 9.47 Å². The highest BCUT2D eigenvalue weighted by atomic mass is 35.5. The first-order chi connectivity index (χ1) is 11.1. The van der Waals surface area contributed by atoms with Crippen molar-refractivity contribution in [2.45, 2.75) is 45.9 Å². The Kier molecular flexibility index (Phi) is 8.09. The predicted octanol–water partition coefficient (Wildman–Crippen LogP) is 4.97. The lowest BCUT2D eigenvalue weighted by Gasteiger charge is -2.25. The van der Waals surface area contributed by atoms with Gasteiger partial charge in [0.1, 0.15) is 6.61 Å². The van der Waals surface area contributed by atoms with Crippen molar-refractivity contribution in [2.75, 3.05) is 7.11 Å². The largest absolute Gasteiger partial charge is 0.493 e. The standard InChI is InChI=1S/C20H27NO2.ClH/c1-5-20(2,3)21-14-17-12-9-13-18(22-4)19(17)23-15-16-10-7-6-8-11-16;/h6-13,21H,5,14-15H2,1-4H3;1H. The summed E-state index contributed by atoms with van der Waals surface area (Å²) in [5.74, 6) is 1.59. The maximum atomic E-state index is 6.08. The molecule has 0 saturated carbocycles. The Morgan fingerprint density at radius 3 is 2.33 bits per heavy atom. The Balaban J connectivity index is 0.00000288. The fraction of sp³-hybridized carbons (Fsp3) is 0.400. The summed E-state index contributed by atoms with van der Waals surface area (Å²) >= 11 is 0. The van der Waals surface area contributed by atoms with Crippen molar-refractivity contribution >= 4 is 12.4 Å². The van der Waals surface area contributed by atoms with E-state index in [2.05, 4.69) is 44.3 Å². The summed E-state index contributed by atoms with van der Waals surface area (Å²) in [5, 5.41) is 3.58. The van der Waals surface area contributed by atoms with Crippen molar-refractivity contribution in [1.29, 1.82) is 0 Å². The fourth-order valence-electron chi connectivity index (χ4n) is 2.21. The molecule has 2 aromatic rings. The number of rotatable bonds is 8. The van der Waals surface area contributed by atoms with Gasteiger partial charge in [-0.3, -0.25) is 0 Å². The molecular weight excluding hydrogens is 322 g/mol. The molecule has 0 aliphatic carbocycles. The Morgan fingerprint density at radius 1 is 1.00 bits per heavy atom. The molecule has 1 N–H and O–H groups in total. The number of ether oxygens (including phenoxy) is 2. The van der Waals surface area contributed by atoms with Crippen molar-refractivity contribution in [3.63, 3.8) is 0 Å². The molecule has 0 aliphatic heterocycles. The monoisotopic (exact) mass is 349 g/mol. The molecule has 0 aromatic heterocycles. The van der Waals surface area contributed by atoms with Crippen LogP contribution in [0.15, 0.2) is 48.5 Å². The van der Waals surface area contributed by atoms with E-state index in [-0.39, 0.29) is 17.9 Å². The van der Waals surface area contributed by atoms with Crippen LogP contribution >= 0.6 is 12.4 Å². The number of benzene rings is 2. The molecule has 0 heterocycles. The minimum absolute atomic E-state index is 0. The van der Waals surface area contributed by atoms with Gasteiger partial charge in [0.05, 0.1) is 7.11 Å². The lowest BCUT2D eigenvalue weighted by molar-refractivity contribution is 0.278. The number of nitrogens with one attached hydrogen (secondary N) is 1. The summed E-state index contributed by atoms with van der Waals surface area (Å²) in [5.41, 5.74) is 2.35. The summed E-state index contributed by atoms with van der Waals surface area (Å²) in [4.78, 5) is 0. The molecule has 132 valence electrons. The quantitative estimate of drug-likeness (QED) is 0.729. The van der Waals surface area contributed by atoms with Gasteiger partial charge in [0.15, 0.2) is 11.5 Å². The molecule has 24 heavy (non-hydrogen) atoms. The molecule has 0 atom stereocenters. The molecule has 4 heteroatoms. The molecule has 0 amide bonds. The number of methoxy groups -OCH3 is 1. The smallest absolute Gasteiger partial charge is 0.166 e. The van der Waals surface area contributed by atoms with Gasteiger partial charge in [-0.1, -0.05) is 49.4 Å². The van der Waals surface area contributed by atoms with E-state index in [1.807, 2.05) is 30.3 Å². The van der Waals surface area contributed by atoms with E-state index in [0.717, 1.165) is 35.6 Å². The van der Waals surface area contributed by atoms with Crippen molar-refractivity contribution < 1.29 is 9.47 Å². The molecule has 0 unspecified atom stereocenters. The van der Waals surface area contributed by atoms with E-state index in [0.29, 0.717) is 6.61 Å². The molecule has 0 aliphatic rings. The van der Waals surface area contributed by atoms with Crippen molar-refractivity contribution in [2.24, 2.45) is 0 Å². The van der Waals surface area contributed by atoms with Crippen molar-refractivity contribution in [1.82, 2.24) is 5.32 Å². The molecule has 2 rings (SSSR count). The van der Waals surface area contributed by atoms with Gasteiger partial charge in [0, 0.05) is 17.6 Å². The third-order valence-electron chi connectivity index (χ3n) is 4.15. The van der Waals surface area contributed by atoms with Crippen LogP contribution in [0.25, 0.3) is 0 Å². The summed E-state index contributed by atoms with van der Waals surface area (Å²) < 4.78 is 11.6. The minimum Gasteiger partial charge on any atom is -0.493 e. The van der Waals surface area contributed by atoms with Gasteiger partial charge < -0.3 is 14.8 Å². The van der Waals surface area contributed by atoms with Gasteiger partial charge in [0.25, 0.3) is 0 Å². The third-order valence-corrected chi connectivity index (χ3v) is 4.15. The number of hydrogen-bond donors (Lipinski definition) is 1. The highest BCUT2D eigenvalue weighted by Gasteiger charge is 2.16. The fourth-order valence-corrected chi connectivity index (χ4v) is 2.21. The zero-order chi connectivity index (χ0) is 16.7. The molecule has 0 spiro atoms. The summed E-state index contributed by atoms with van der Waals surface area (Å²) in [7, 11) is 1.68. The van der Waals surface area contributed by atoms with E-state index >= 15 is 0 Å². The van der Waals surface area contributed by atoms with Gasteiger partial charge in [-0.25, -0.2) is 0 Å². The van der Waals surface area contributed by atoms with E-state index in [1.54, 1.807) is 7.11 Å². The highest BCUT2D eigenvalue weighted by Crippen LogP contribution is 2.32. The number of hydrogen-bond acceptors (Lipinski definition) is 3. The molecule has 0 bridgehead atoms. The normalized spacial score (nSPS) is 10.8. The lowest BCUT2D eigenvalue weighted by atomic mass is 10.0. The van der Waals surface area contributed by atoms with E-state index < -0.39 is 0 Å². The van der Waals surface area contributed by atoms with Gasteiger partial charge in [-0.2, -0.15) is 0 Å². The van der Waals surface area contributed by atoms with Crippen LogP contribution in [0.2, 0.25) is 0 Å². The lowest BCUT2D eigenvalue weighted by Crippen LogP contribution is -2.37. The van der Waals surface area contributed by atoms with Crippen LogP contribution in [0.3, 0.4) is 0 Å². The maximum absolute atomic E-state index is 6.08. The first kappa shape index (κ1) is 20.3.